The number of halogens is 1. The average Bonchev–Trinajstić information content (AvgIpc) is 2.80. The number of hydrogen-bond acceptors (Lipinski definition) is 8. The van der Waals surface area contributed by atoms with E-state index in [-0.39, 0.29) is 18.1 Å². The number of ether oxygens (including phenoxy) is 1. The summed E-state index contributed by atoms with van der Waals surface area (Å²) < 4.78 is 20.2. The summed E-state index contributed by atoms with van der Waals surface area (Å²) in [5.41, 5.74) is 16.0. The Balaban J connectivity index is 2.27. The quantitative estimate of drug-likeness (QED) is 0.484. The topological polar surface area (TPSA) is 146 Å². The molecule has 2 heterocycles. The summed E-state index contributed by atoms with van der Waals surface area (Å²) in [5, 5.41) is 24.6. The molecule has 0 fully saturated rings. The number of rotatable bonds is 3. The largest absolute Gasteiger partial charge is 0.482 e. The molecule has 3 rings (SSSR count). The molecule has 1 aliphatic heterocycles. The smallest absolute Gasteiger partial charge is 0.166 e. The van der Waals surface area contributed by atoms with E-state index in [4.69, 9.17) is 21.6 Å². The number of aromatic nitrogens is 1. The minimum absolute atomic E-state index is 0.174. The molecular formula is C24H28FN7O. The van der Waals surface area contributed by atoms with Crippen LogP contribution in [-0.4, -0.2) is 30.3 Å². The molecule has 9 heteroatoms. The van der Waals surface area contributed by atoms with Crippen LogP contribution in [0.4, 0.5) is 10.2 Å². The van der Waals surface area contributed by atoms with Crippen molar-refractivity contribution < 1.29 is 9.13 Å². The van der Waals surface area contributed by atoms with Crippen LogP contribution < -0.4 is 26.8 Å². The normalized spacial score (nSPS) is 19.7. The first kappa shape index (κ1) is 23.8. The van der Waals surface area contributed by atoms with Crippen LogP contribution in [-0.2, 0) is 0 Å². The third-order valence-corrected chi connectivity index (χ3v) is 5.51. The molecular weight excluding hydrogens is 421 g/mol. The molecule has 0 amide bonds. The van der Waals surface area contributed by atoms with Crippen molar-refractivity contribution in [1.29, 1.82) is 10.7 Å². The van der Waals surface area contributed by atoms with E-state index in [0.717, 1.165) is 0 Å². The molecule has 33 heavy (non-hydrogen) atoms. The second-order valence-corrected chi connectivity index (χ2v) is 7.65. The van der Waals surface area contributed by atoms with Gasteiger partial charge in [-0.1, -0.05) is 6.92 Å². The van der Waals surface area contributed by atoms with Gasteiger partial charge in [-0.2, -0.15) is 5.26 Å². The Bertz CT molecular complexity index is 1170. The van der Waals surface area contributed by atoms with E-state index in [2.05, 4.69) is 21.7 Å². The van der Waals surface area contributed by atoms with Crippen molar-refractivity contribution in [2.45, 2.75) is 32.4 Å². The molecule has 7 N–H and O–H groups in total. The summed E-state index contributed by atoms with van der Waals surface area (Å²) in [6, 6.07) is 7.25. The standard InChI is InChI=1S/C24H28FN7O/c1-4-17(20(27)9-26)23-14-7-21(24(29)32-11-14)33-13(2)19-8-16(25)5-6-18(19)22(28)15(10-30-3)12-31-23/h5-8,10-11,13,20,28,30-31H,4,12,27H2,1-3H3,(H2,29,32)/b15-10-,23-17-,28-22?/t13-,20?/m1/s1. The van der Waals surface area contributed by atoms with E-state index in [1.807, 2.05) is 6.92 Å². The van der Waals surface area contributed by atoms with Crippen molar-refractivity contribution in [1.82, 2.24) is 15.6 Å². The van der Waals surface area contributed by atoms with E-state index in [1.54, 1.807) is 38.5 Å². The zero-order valence-electron chi connectivity index (χ0n) is 18.9. The van der Waals surface area contributed by atoms with Crippen molar-refractivity contribution >= 4 is 17.2 Å². The van der Waals surface area contributed by atoms with Crippen molar-refractivity contribution in [3.63, 3.8) is 0 Å². The van der Waals surface area contributed by atoms with Gasteiger partial charge in [-0.25, -0.2) is 9.37 Å². The number of nitrogens with two attached hydrogens (primary N) is 2. The Hall–Kier alpha value is -3.90. The molecule has 1 aliphatic rings. The van der Waals surface area contributed by atoms with Gasteiger partial charge < -0.3 is 26.8 Å². The number of anilines is 1. The number of nitrogens with one attached hydrogen (secondary N) is 3. The molecule has 1 aromatic heterocycles. The number of nitriles is 1. The summed E-state index contributed by atoms with van der Waals surface area (Å²) in [4.78, 5) is 4.27. The predicted octanol–water partition coefficient (Wildman–Crippen LogP) is 2.99. The molecule has 2 aromatic rings. The molecule has 0 aliphatic carbocycles. The van der Waals surface area contributed by atoms with Gasteiger partial charge in [0.05, 0.1) is 11.8 Å². The highest BCUT2D eigenvalue weighted by Gasteiger charge is 2.23. The maximum absolute atomic E-state index is 14.1. The highest BCUT2D eigenvalue weighted by molar-refractivity contribution is 6.12. The Morgan fingerprint density at radius 2 is 2.24 bits per heavy atom. The van der Waals surface area contributed by atoms with Crippen LogP contribution in [0.25, 0.3) is 5.70 Å². The lowest BCUT2D eigenvalue weighted by atomic mass is 9.94. The minimum atomic E-state index is -0.828. The lowest BCUT2D eigenvalue weighted by Gasteiger charge is -2.24. The van der Waals surface area contributed by atoms with E-state index in [0.29, 0.717) is 45.7 Å². The van der Waals surface area contributed by atoms with Crippen LogP contribution in [0.15, 0.2) is 47.8 Å². The fourth-order valence-corrected chi connectivity index (χ4v) is 3.81. The third kappa shape index (κ3) is 4.96. The van der Waals surface area contributed by atoms with E-state index < -0.39 is 18.0 Å². The molecule has 0 radical (unpaired) electrons. The highest BCUT2D eigenvalue weighted by Crippen LogP contribution is 2.32. The zero-order valence-corrected chi connectivity index (χ0v) is 18.9. The first-order chi connectivity index (χ1) is 15.8. The van der Waals surface area contributed by atoms with Crippen LogP contribution >= 0.6 is 0 Å². The second-order valence-electron chi connectivity index (χ2n) is 7.65. The number of pyridine rings is 1. The van der Waals surface area contributed by atoms with Gasteiger partial charge in [0.25, 0.3) is 0 Å². The van der Waals surface area contributed by atoms with Crippen LogP contribution in [0.2, 0.25) is 0 Å². The van der Waals surface area contributed by atoms with Gasteiger partial charge in [-0.15, -0.1) is 0 Å². The fourth-order valence-electron chi connectivity index (χ4n) is 3.81. The zero-order chi connectivity index (χ0) is 24.1. The van der Waals surface area contributed by atoms with Gasteiger partial charge in [0.1, 0.15) is 18.0 Å². The van der Waals surface area contributed by atoms with Gasteiger partial charge >= 0.3 is 0 Å². The van der Waals surface area contributed by atoms with Crippen molar-refractivity contribution in [3.05, 3.63) is 70.3 Å². The lowest BCUT2D eigenvalue weighted by Crippen LogP contribution is -2.28. The average molecular weight is 450 g/mol. The van der Waals surface area contributed by atoms with Gasteiger partial charge in [0, 0.05) is 53.9 Å². The highest BCUT2D eigenvalue weighted by atomic mass is 19.1. The van der Waals surface area contributed by atoms with E-state index in [9.17, 15) is 9.65 Å². The van der Waals surface area contributed by atoms with Gasteiger partial charge in [-0.3, -0.25) is 5.41 Å². The first-order valence-corrected chi connectivity index (χ1v) is 10.6. The maximum atomic E-state index is 14.1. The molecule has 1 aromatic carbocycles. The Labute approximate surface area is 192 Å². The summed E-state index contributed by atoms with van der Waals surface area (Å²) in [5.74, 6) is 0.0616. The maximum Gasteiger partial charge on any atom is 0.166 e. The summed E-state index contributed by atoms with van der Waals surface area (Å²) in [6.45, 7) is 3.93. The SMILES string of the molecule is CC/C(=C1/NC/C(=C/NC)C(=N)c2ccc(F)cc2[C@@H](C)Oc2cc1cnc2N)C(N)C#N. The van der Waals surface area contributed by atoms with Gasteiger partial charge in [-0.05, 0) is 43.2 Å². The predicted molar refractivity (Wildman–Crippen MR) is 127 cm³/mol. The molecule has 0 saturated carbocycles. The van der Waals surface area contributed by atoms with Crippen LogP contribution in [0.1, 0.15) is 43.1 Å². The monoisotopic (exact) mass is 449 g/mol. The number of fused-ring (bicyclic) bond motifs is 3. The summed E-state index contributed by atoms with van der Waals surface area (Å²) in [7, 11) is 1.74. The molecule has 8 nitrogen and oxygen atoms in total. The van der Waals surface area contributed by atoms with E-state index >= 15 is 0 Å². The lowest BCUT2D eigenvalue weighted by molar-refractivity contribution is 0.227. The van der Waals surface area contributed by atoms with Crippen LogP contribution in [0, 0.1) is 22.6 Å². The third-order valence-electron chi connectivity index (χ3n) is 5.51. The number of hydrogen-bond donors (Lipinski definition) is 5. The number of benzene rings is 1. The van der Waals surface area contributed by atoms with Crippen LogP contribution in [0.5, 0.6) is 5.75 Å². The number of nitrogens with zero attached hydrogens (tertiary/aromatic N) is 2. The van der Waals surface area contributed by atoms with Crippen molar-refractivity contribution in [3.8, 4) is 11.8 Å². The first-order valence-electron chi connectivity index (χ1n) is 10.6. The molecule has 172 valence electrons. The summed E-state index contributed by atoms with van der Waals surface area (Å²) in [6.07, 6.45) is 3.21. The summed E-state index contributed by atoms with van der Waals surface area (Å²) >= 11 is 0. The van der Waals surface area contributed by atoms with Crippen LogP contribution in [0.3, 0.4) is 0 Å². The van der Waals surface area contributed by atoms with Crippen molar-refractivity contribution in [2.75, 3.05) is 19.3 Å². The molecule has 2 bridgehead atoms. The Morgan fingerprint density at radius 1 is 1.48 bits per heavy atom. The Kier molecular flexibility index (Phi) is 7.30. The Morgan fingerprint density at radius 3 is 2.91 bits per heavy atom. The fraction of sp³-hybridized carbons (Fsp3) is 0.292. The van der Waals surface area contributed by atoms with Gasteiger partial charge in [0.15, 0.2) is 11.6 Å². The second kappa shape index (κ2) is 10.1. The minimum Gasteiger partial charge on any atom is -0.482 e. The van der Waals surface area contributed by atoms with Crippen molar-refractivity contribution in [2.24, 2.45) is 5.73 Å². The molecule has 1 unspecified atom stereocenters. The molecule has 0 spiro atoms. The number of nitrogen functional groups attached to an aromatic ring is 1. The van der Waals surface area contributed by atoms with Gasteiger partial charge in [0.2, 0.25) is 0 Å². The molecule has 2 atom stereocenters. The molecule has 0 saturated heterocycles. The van der Waals surface area contributed by atoms with E-state index in [1.165, 1.54) is 12.1 Å².